The number of aromatic nitrogens is 2. The summed E-state index contributed by atoms with van der Waals surface area (Å²) < 4.78 is 16.3. The maximum Gasteiger partial charge on any atom is 0.127 e. The van der Waals surface area contributed by atoms with Crippen molar-refractivity contribution in [2.24, 2.45) is 7.05 Å². The van der Waals surface area contributed by atoms with Crippen LogP contribution in [-0.2, 0) is 13.6 Å². The Balaban J connectivity index is 2.06. The lowest BCUT2D eigenvalue weighted by molar-refractivity contribution is 0.542. The molecule has 0 aliphatic rings. The Kier molecular flexibility index (Phi) is 4.37. The summed E-state index contributed by atoms with van der Waals surface area (Å²) in [5.41, 5.74) is 2.79. The lowest BCUT2D eigenvalue weighted by Gasteiger charge is -2.13. The molecule has 0 radical (unpaired) electrons. The van der Waals surface area contributed by atoms with Gasteiger partial charge in [-0.15, -0.1) is 0 Å². The van der Waals surface area contributed by atoms with Gasteiger partial charge in [0.1, 0.15) is 5.82 Å². The molecule has 1 unspecified atom stereocenters. The van der Waals surface area contributed by atoms with Gasteiger partial charge in [-0.1, -0.05) is 15.9 Å². The number of hydrogen-bond acceptors (Lipinski definition) is 2. The van der Waals surface area contributed by atoms with Crippen molar-refractivity contribution in [2.75, 3.05) is 0 Å². The van der Waals surface area contributed by atoms with Gasteiger partial charge in [0, 0.05) is 41.4 Å². The van der Waals surface area contributed by atoms with E-state index in [1.807, 2.05) is 20.2 Å². The van der Waals surface area contributed by atoms with Gasteiger partial charge in [0.05, 0.1) is 5.69 Å². The fraction of sp³-hybridized carbons (Fsp3) is 0.357. The molecule has 0 aliphatic heterocycles. The van der Waals surface area contributed by atoms with Gasteiger partial charge in [-0.05, 0) is 32.0 Å². The number of halogens is 2. The highest BCUT2D eigenvalue weighted by Crippen LogP contribution is 2.19. The van der Waals surface area contributed by atoms with Gasteiger partial charge in [-0.25, -0.2) is 4.39 Å². The number of nitrogens with one attached hydrogen (secondary N) is 1. The maximum atomic E-state index is 13.6. The summed E-state index contributed by atoms with van der Waals surface area (Å²) in [4.78, 5) is 0. The molecule has 2 aromatic rings. The van der Waals surface area contributed by atoms with E-state index in [2.05, 4.69) is 33.3 Å². The summed E-state index contributed by atoms with van der Waals surface area (Å²) in [7, 11) is 1.90. The molecule has 0 bridgehead atoms. The first-order valence-corrected chi connectivity index (χ1v) is 6.94. The average Bonchev–Trinajstić information content (AvgIpc) is 2.69. The smallest absolute Gasteiger partial charge is 0.127 e. The Morgan fingerprint density at radius 3 is 2.84 bits per heavy atom. The molecule has 0 aliphatic carbocycles. The van der Waals surface area contributed by atoms with E-state index in [-0.39, 0.29) is 11.9 Å². The van der Waals surface area contributed by atoms with E-state index in [1.54, 1.807) is 16.8 Å². The molecule has 0 amide bonds. The van der Waals surface area contributed by atoms with E-state index >= 15 is 0 Å². The molecule has 0 saturated heterocycles. The fourth-order valence-corrected chi connectivity index (χ4v) is 2.50. The third-order valence-electron chi connectivity index (χ3n) is 3.12. The summed E-state index contributed by atoms with van der Waals surface area (Å²) in [6.07, 6.45) is 1.99. The molecule has 0 spiro atoms. The molecule has 1 N–H and O–H groups in total. The second kappa shape index (κ2) is 5.84. The van der Waals surface area contributed by atoms with E-state index in [9.17, 15) is 4.39 Å². The second-order valence-corrected chi connectivity index (χ2v) is 5.60. The molecule has 102 valence electrons. The monoisotopic (exact) mass is 325 g/mol. The van der Waals surface area contributed by atoms with Crippen LogP contribution in [0.4, 0.5) is 4.39 Å². The zero-order valence-electron chi connectivity index (χ0n) is 11.2. The van der Waals surface area contributed by atoms with Crippen molar-refractivity contribution in [2.45, 2.75) is 26.4 Å². The lowest BCUT2D eigenvalue weighted by atomic mass is 10.1. The molecule has 5 heteroatoms. The molecule has 2 rings (SSSR count). The van der Waals surface area contributed by atoms with E-state index in [1.165, 1.54) is 6.07 Å². The molecular formula is C14H17BrFN3. The van der Waals surface area contributed by atoms with Crippen molar-refractivity contribution in [1.82, 2.24) is 15.1 Å². The first-order valence-electron chi connectivity index (χ1n) is 6.15. The molecule has 1 atom stereocenters. The van der Waals surface area contributed by atoms with Crippen molar-refractivity contribution < 1.29 is 4.39 Å². The zero-order valence-corrected chi connectivity index (χ0v) is 12.8. The van der Waals surface area contributed by atoms with Crippen LogP contribution in [0.2, 0.25) is 0 Å². The molecule has 1 heterocycles. The molecule has 3 nitrogen and oxygen atoms in total. The van der Waals surface area contributed by atoms with Gasteiger partial charge in [0.2, 0.25) is 0 Å². The minimum atomic E-state index is -0.189. The normalized spacial score (nSPS) is 12.7. The van der Waals surface area contributed by atoms with Gasteiger partial charge in [-0.3, -0.25) is 4.68 Å². The molecule has 1 aromatic heterocycles. The Morgan fingerprint density at radius 1 is 1.47 bits per heavy atom. The minimum absolute atomic E-state index is 0.132. The highest BCUT2D eigenvalue weighted by Gasteiger charge is 2.12. The first kappa shape index (κ1) is 14.2. The Labute approximate surface area is 121 Å². The fourth-order valence-electron chi connectivity index (χ4n) is 2.09. The predicted molar refractivity (Wildman–Crippen MR) is 77.3 cm³/mol. The highest BCUT2D eigenvalue weighted by molar-refractivity contribution is 9.10. The van der Waals surface area contributed by atoms with Gasteiger partial charge in [0.15, 0.2) is 0 Å². The average molecular weight is 326 g/mol. The van der Waals surface area contributed by atoms with Gasteiger partial charge >= 0.3 is 0 Å². The van der Waals surface area contributed by atoms with Crippen LogP contribution in [0, 0.1) is 12.7 Å². The van der Waals surface area contributed by atoms with Crippen LogP contribution in [-0.4, -0.2) is 9.78 Å². The molecule has 0 saturated carbocycles. The zero-order chi connectivity index (χ0) is 14.0. The Morgan fingerprint density at radius 2 is 2.21 bits per heavy atom. The number of aryl methyl sites for hydroxylation is 2. The van der Waals surface area contributed by atoms with Crippen molar-refractivity contribution in [3.8, 4) is 0 Å². The SMILES string of the molecule is Cc1nn(C)cc1C(C)NCc1cc(Br)ccc1F. The third-order valence-corrected chi connectivity index (χ3v) is 3.62. The number of benzene rings is 1. The number of rotatable bonds is 4. The van der Waals surface area contributed by atoms with Gasteiger partial charge in [-0.2, -0.15) is 5.10 Å². The van der Waals surface area contributed by atoms with Crippen LogP contribution < -0.4 is 5.32 Å². The minimum Gasteiger partial charge on any atom is -0.306 e. The molecular weight excluding hydrogens is 309 g/mol. The largest absolute Gasteiger partial charge is 0.306 e. The van der Waals surface area contributed by atoms with E-state index in [4.69, 9.17) is 0 Å². The summed E-state index contributed by atoms with van der Waals surface area (Å²) in [5.74, 6) is -0.189. The second-order valence-electron chi connectivity index (χ2n) is 4.68. The third kappa shape index (κ3) is 3.42. The number of hydrogen-bond donors (Lipinski definition) is 1. The Hall–Kier alpha value is -1.20. The van der Waals surface area contributed by atoms with Crippen LogP contribution in [0.3, 0.4) is 0 Å². The summed E-state index contributed by atoms with van der Waals surface area (Å²) >= 11 is 3.36. The van der Waals surface area contributed by atoms with Crippen molar-refractivity contribution in [1.29, 1.82) is 0 Å². The van der Waals surface area contributed by atoms with Crippen molar-refractivity contribution in [3.05, 3.63) is 51.5 Å². The van der Waals surface area contributed by atoms with Crippen LogP contribution in [0.25, 0.3) is 0 Å². The quantitative estimate of drug-likeness (QED) is 0.932. The number of nitrogens with zero attached hydrogens (tertiary/aromatic N) is 2. The van der Waals surface area contributed by atoms with Crippen LogP contribution in [0.5, 0.6) is 0 Å². The first-order chi connectivity index (χ1) is 8.97. The maximum absolute atomic E-state index is 13.6. The molecule has 1 aromatic carbocycles. The van der Waals surface area contributed by atoms with Gasteiger partial charge < -0.3 is 5.32 Å². The van der Waals surface area contributed by atoms with Crippen LogP contribution in [0.15, 0.2) is 28.9 Å². The van der Waals surface area contributed by atoms with Crippen LogP contribution in [0.1, 0.15) is 29.8 Å². The van der Waals surface area contributed by atoms with Crippen molar-refractivity contribution in [3.63, 3.8) is 0 Å². The standard InChI is InChI=1S/C14H17BrFN3/c1-9(13-8-19(3)18-10(13)2)17-7-11-6-12(15)4-5-14(11)16/h4-6,8-9,17H,7H2,1-3H3. The van der Waals surface area contributed by atoms with E-state index in [0.29, 0.717) is 12.1 Å². The topological polar surface area (TPSA) is 29.9 Å². The van der Waals surface area contributed by atoms with Crippen LogP contribution >= 0.6 is 15.9 Å². The van der Waals surface area contributed by atoms with Gasteiger partial charge in [0.25, 0.3) is 0 Å². The van der Waals surface area contributed by atoms with Crippen molar-refractivity contribution >= 4 is 15.9 Å². The van der Waals surface area contributed by atoms with E-state index < -0.39 is 0 Å². The molecule has 19 heavy (non-hydrogen) atoms. The highest BCUT2D eigenvalue weighted by atomic mass is 79.9. The summed E-state index contributed by atoms with van der Waals surface area (Å²) in [6, 6.07) is 5.10. The van der Waals surface area contributed by atoms with E-state index in [0.717, 1.165) is 15.7 Å². The molecule has 0 fully saturated rings. The predicted octanol–water partition coefficient (Wildman–Crippen LogP) is 3.48. The Bertz CT molecular complexity index is 580. The summed E-state index contributed by atoms with van der Waals surface area (Å²) in [5, 5.41) is 7.64. The lowest BCUT2D eigenvalue weighted by Crippen LogP contribution is -2.19. The summed E-state index contributed by atoms with van der Waals surface area (Å²) in [6.45, 7) is 4.52.